The maximum Gasteiger partial charge on any atom is 0.404 e. The molecule has 0 saturated heterocycles. The maximum absolute atomic E-state index is 10.4. The van der Waals surface area contributed by atoms with Crippen molar-refractivity contribution in [3.05, 3.63) is 35.4 Å². The number of hydrogen-bond donors (Lipinski definition) is 1. The van der Waals surface area contributed by atoms with Crippen molar-refractivity contribution in [2.75, 3.05) is 19.7 Å². The molecular formula is C13H18N2O2. The van der Waals surface area contributed by atoms with Crippen LogP contribution >= 0.6 is 0 Å². The molecule has 1 heterocycles. The molecule has 0 aromatic heterocycles. The summed E-state index contributed by atoms with van der Waals surface area (Å²) < 4.78 is 4.71. The molecule has 0 unspecified atom stereocenters. The van der Waals surface area contributed by atoms with E-state index >= 15 is 0 Å². The van der Waals surface area contributed by atoms with Gasteiger partial charge in [-0.2, -0.15) is 0 Å². The summed E-state index contributed by atoms with van der Waals surface area (Å²) in [5.74, 6) is 0. The number of primary amides is 1. The van der Waals surface area contributed by atoms with E-state index in [0.717, 1.165) is 32.5 Å². The van der Waals surface area contributed by atoms with Crippen LogP contribution in [0.1, 0.15) is 17.5 Å². The molecule has 2 rings (SSSR count). The van der Waals surface area contributed by atoms with E-state index in [1.54, 1.807) is 0 Å². The molecule has 0 fully saturated rings. The summed E-state index contributed by atoms with van der Waals surface area (Å²) in [6, 6.07) is 8.55. The third kappa shape index (κ3) is 3.46. The number of carbonyl (C=O) groups excluding carboxylic acids is 1. The molecule has 0 aliphatic carbocycles. The van der Waals surface area contributed by atoms with Crippen LogP contribution in [0, 0.1) is 0 Å². The normalized spacial score (nSPS) is 15.3. The highest BCUT2D eigenvalue weighted by Gasteiger charge is 2.14. The average Bonchev–Trinajstić information content (AvgIpc) is 2.34. The zero-order valence-corrected chi connectivity index (χ0v) is 9.89. The van der Waals surface area contributed by atoms with E-state index < -0.39 is 6.09 Å². The molecule has 1 amide bonds. The van der Waals surface area contributed by atoms with E-state index in [9.17, 15) is 4.79 Å². The van der Waals surface area contributed by atoms with Gasteiger partial charge >= 0.3 is 6.09 Å². The van der Waals surface area contributed by atoms with E-state index in [1.165, 1.54) is 11.1 Å². The van der Waals surface area contributed by atoms with E-state index in [2.05, 4.69) is 29.2 Å². The largest absolute Gasteiger partial charge is 0.450 e. The highest BCUT2D eigenvalue weighted by atomic mass is 16.5. The predicted molar refractivity (Wildman–Crippen MR) is 65.6 cm³/mol. The summed E-state index contributed by atoms with van der Waals surface area (Å²) in [7, 11) is 0. The molecule has 0 bridgehead atoms. The van der Waals surface area contributed by atoms with E-state index in [4.69, 9.17) is 10.5 Å². The molecule has 1 aromatic rings. The Labute approximate surface area is 101 Å². The fraction of sp³-hybridized carbons (Fsp3) is 0.462. The minimum absolute atomic E-state index is 0.410. The van der Waals surface area contributed by atoms with Crippen LogP contribution in [-0.4, -0.2) is 30.7 Å². The zero-order chi connectivity index (χ0) is 12.1. The Hall–Kier alpha value is -1.55. The highest BCUT2D eigenvalue weighted by Crippen LogP contribution is 2.18. The Morgan fingerprint density at radius 2 is 2.12 bits per heavy atom. The molecule has 2 N–H and O–H groups in total. The van der Waals surface area contributed by atoms with Gasteiger partial charge in [0.15, 0.2) is 0 Å². The highest BCUT2D eigenvalue weighted by molar-refractivity contribution is 5.64. The third-order valence-electron chi connectivity index (χ3n) is 3.07. The summed E-state index contributed by atoms with van der Waals surface area (Å²) in [4.78, 5) is 12.8. The van der Waals surface area contributed by atoms with Crippen LogP contribution in [0.5, 0.6) is 0 Å². The molecule has 92 valence electrons. The number of amides is 1. The number of rotatable bonds is 4. The Morgan fingerprint density at radius 1 is 1.35 bits per heavy atom. The topological polar surface area (TPSA) is 55.6 Å². The molecule has 1 aliphatic rings. The molecule has 1 aliphatic heterocycles. The number of nitrogens with two attached hydrogens (primary N) is 1. The van der Waals surface area contributed by atoms with Crippen LogP contribution < -0.4 is 5.73 Å². The van der Waals surface area contributed by atoms with Gasteiger partial charge in [-0.1, -0.05) is 24.3 Å². The van der Waals surface area contributed by atoms with Crippen molar-refractivity contribution in [2.24, 2.45) is 5.73 Å². The molecule has 0 saturated carbocycles. The lowest BCUT2D eigenvalue weighted by Gasteiger charge is -2.28. The lowest BCUT2D eigenvalue weighted by molar-refractivity contribution is 0.146. The molecule has 0 spiro atoms. The monoisotopic (exact) mass is 234 g/mol. The van der Waals surface area contributed by atoms with E-state index in [1.807, 2.05) is 0 Å². The predicted octanol–water partition coefficient (Wildman–Crippen LogP) is 1.53. The Kier molecular flexibility index (Phi) is 3.98. The van der Waals surface area contributed by atoms with Crippen LogP contribution in [0.2, 0.25) is 0 Å². The second-order valence-corrected chi connectivity index (χ2v) is 4.32. The molecule has 4 nitrogen and oxygen atoms in total. The SMILES string of the molecule is NC(=O)OCCCN1CCc2ccccc2C1. The Morgan fingerprint density at radius 3 is 2.88 bits per heavy atom. The zero-order valence-electron chi connectivity index (χ0n) is 9.89. The van der Waals surface area contributed by atoms with Crippen molar-refractivity contribution in [1.29, 1.82) is 0 Å². The average molecular weight is 234 g/mol. The summed E-state index contributed by atoms with van der Waals surface area (Å²) in [5.41, 5.74) is 7.77. The van der Waals surface area contributed by atoms with Crippen LogP contribution in [0.3, 0.4) is 0 Å². The summed E-state index contributed by atoms with van der Waals surface area (Å²) in [6.45, 7) is 3.43. The number of ether oxygens (including phenoxy) is 1. The molecule has 17 heavy (non-hydrogen) atoms. The van der Waals surface area contributed by atoms with Gasteiger partial charge in [0.2, 0.25) is 0 Å². The number of benzene rings is 1. The van der Waals surface area contributed by atoms with E-state index in [-0.39, 0.29) is 0 Å². The number of carbonyl (C=O) groups is 1. The van der Waals surface area contributed by atoms with Crippen molar-refractivity contribution in [3.63, 3.8) is 0 Å². The quantitative estimate of drug-likeness (QED) is 0.804. The van der Waals surface area contributed by atoms with Gasteiger partial charge in [-0.25, -0.2) is 4.79 Å². The lowest BCUT2D eigenvalue weighted by atomic mass is 10.00. The first-order valence-corrected chi connectivity index (χ1v) is 5.97. The standard InChI is InChI=1S/C13H18N2O2/c14-13(16)17-9-3-7-15-8-6-11-4-1-2-5-12(11)10-15/h1-2,4-5H,3,6-10H2,(H2,14,16). The van der Waals surface area contributed by atoms with Gasteiger partial charge in [0.25, 0.3) is 0 Å². The molecule has 1 aromatic carbocycles. The maximum atomic E-state index is 10.4. The number of hydrogen-bond acceptors (Lipinski definition) is 3. The van der Waals surface area contributed by atoms with Gasteiger partial charge < -0.3 is 10.5 Å². The first kappa shape index (κ1) is 11.9. The van der Waals surface area contributed by atoms with Gasteiger partial charge in [0.05, 0.1) is 6.61 Å². The van der Waals surface area contributed by atoms with Crippen LogP contribution in [0.4, 0.5) is 4.79 Å². The van der Waals surface area contributed by atoms with Crippen molar-refractivity contribution < 1.29 is 9.53 Å². The first-order chi connectivity index (χ1) is 8.25. The van der Waals surface area contributed by atoms with Gasteiger partial charge in [-0.05, 0) is 24.0 Å². The Bertz CT molecular complexity index is 393. The number of nitrogens with zero attached hydrogens (tertiary/aromatic N) is 1. The van der Waals surface area contributed by atoms with Gasteiger partial charge in [0.1, 0.15) is 0 Å². The van der Waals surface area contributed by atoms with Crippen molar-refractivity contribution in [2.45, 2.75) is 19.4 Å². The first-order valence-electron chi connectivity index (χ1n) is 5.97. The fourth-order valence-corrected chi connectivity index (χ4v) is 2.21. The minimum Gasteiger partial charge on any atom is -0.450 e. The third-order valence-corrected chi connectivity index (χ3v) is 3.07. The minimum atomic E-state index is -0.686. The second-order valence-electron chi connectivity index (χ2n) is 4.32. The van der Waals surface area contributed by atoms with Crippen LogP contribution in [-0.2, 0) is 17.7 Å². The summed E-state index contributed by atoms with van der Waals surface area (Å²) in [5, 5.41) is 0. The van der Waals surface area contributed by atoms with Crippen molar-refractivity contribution in [3.8, 4) is 0 Å². The number of fused-ring (bicyclic) bond motifs is 1. The van der Waals surface area contributed by atoms with Crippen molar-refractivity contribution >= 4 is 6.09 Å². The smallest absolute Gasteiger partial charge is 0.404 e. The summed E-state index contributed by atoms with van der Waals surface area (Å²) >= 11 is 0. The molecule has 0 atom stereocenters. The summed E-state index contributed by atoms with van der Waals surface area (Å²) in [6.07, 6.45) is 1.26. The van der Waals surface area contributed by atoms with E-state index in [0.29, 0.717) is 6.61 Å². The lowest BCUT2D eigenvalue weighted by Crippen LogP contribution is -2.32. The Balaban J connectivity index is 1.76. The second kappa shape index (κ2) is 5.68. The van der Waals surface area contributed by atoms with Gasteiger partial charge in [0, 0.05) is 19.6 Å². The van der Waals surface area contributed by atoms with Gasteiger partial charge in [-0.15, -0.1) is 0 Å². The van der Waals surface area contributed by atoms with Crippen LogP contribution in [0.15, 0.2) is 24.3 Å². The van der Waals surface area contributed by atoms with Gasteiger partial charge in [-0.3, -0.25) is 4.90 Å². The molecule has 4 heteroatoms. The van der Waals surface area contributed by atoms with Crippen molar-refractivity contribution in [1.82, 2.24) is 4.90 Å². The molecular weight excluding hydrogens is 216 g/mol. The molecule has 0 radical (unpaired) electrons. The fourth-order valence-electron chi connectivity index (χ4n) is 2.21. The van der Waals surface area contributed by atoms with Crippen LogP contribution in [0.25, 0.3) is 0 Å².